The van der Waals surface area contributed by atoms with Gasteiger partial charge in [-0.25, -0.2) is 4.98 Å². The van der Waals surface area contributed by atoms with Gasteiger partial charge in [-0.2, -0.15) is 0 Å². The van der Waals surface area contributed by atoms with Crippen LogP contribution in [0.2, 0.25) is 0 Å². The average Bonchev–Trinajstić information content (AvgIpc) is 3.30. The summed E-state index contributed by atoms with van der Waals surface area (Å²) in [5, 5.41) is 3.64. The van der Waals surface area contributed by atoms with Crippen molar-refractivity contribution in [2.75, 3.05) is 25.1 Å². The lowest BCUT2D eigenvalue weighted by Crippen LogP contribution is -2.38. The number of piperidine rings is 1. The predicted octanol–water partition coefficient (Wildman–Crippen LogP) is 2.57. The van der Waals surface area contributed by atoms with Crippen molar-refractivity contribution in [1.82, 2.24) is 10.3 Å². The number of nitrogens with zero attached hydrogens (tertiary/aromatic N) is 2. The van der Waals surface area contributed by atoms with E-state index < -0.39 is 0 Å². The Morgan fingerprint density at radius 1 is 1.24 bits per heavy atom. The molecule has 3 rings (SSSR count). The van der Waals surface area contributed by atoms with Gasteiger partial charge in [0.05, 0.1) is 6.10 Å². The highest BCUT2D eigenvalue weighted by Gasteiger charge is 2.25. The Morgan fingerprint density at radius 2 is 1.95 bits per heavy atom. The lowest BCUT2D eigenvalue weighted by molar-refractivity contribution is 0.0817. The molecule has 2 aliphatic rings. The first-order chi connectivity index (χ1) is 10.2. The number of rotatable bonds is 5. The van der Waals surface area contributed by atoms with Gasteiger partial charge in [0.15, 0.2) is 0 Å². The molecule has 1 aromatic heterocycles. The van der Waals surface area contributed by atoms with Crippen molar-refractivity contribution in [3.05, 3.63) is 22.9 Å². The maximum Gasteiger partial charge on any atom is 0.133 e. The standard InChI is InChI=1S/C17H27N3O/c1-12-10-13(2)19-17(16(12)11-18-14-4-5-14)20-8-6-15(21-3)7-9-20/h10,14-15,18H,4-9,11H2,1-3H3. The van der Waals surface area contributed by atoms with Crippen LogP contribution in [0.3, 0.4) is 0 Å². The molecule has 0 unspecified atom stereocenters. The lowest BCUT2D eigenvalue weighted by atomic mass is 10.0. The lowest BCUT2D eigenvalue weighted by Gasteiger charge is -2.34. The van der Waals surface area contributed by atoms with Gasteiger partial charge in [0.2, 0.25) is 0 Å². The zero-order chi connectivity index (χ0) is 14.8. The van der Waals surface area contributed by atoms with E-state index in [1.807, 2.05) is 7.11 Å². The van der Waals surface area contributed by atoms with Crippen molar-refractivity contribution < 1.29 is 4.74 Å². The van der Waals surface area contributed by atoms with Gasteiger partial charge in [-0.1, -0.05) is 0 Å². The molecule has 0 radical (unpaired) electrons. The molecule has 1 aliphatic carbocycles. The Labute approximate surface area is 127 Å². The highest BCUT2D eigenvalue weighted by molar-refractivity contribution is 5.52. The van der Waals surface area contributed by atoms with Gasteiger partial charge in [0.25, 0.3) is 0 Å². The zero-order valence-corrected chi connectivity index (χ0v) is 13.5. The fourth-order valence-corrected chi connectivity index (χ4v) is 3.16. The van der Waals surface area contributed by atoms with Crippen LogP contribution in [0.25, 0.3) is 0 Å². The minimum atomic E-state index is 0.417. The Balaban J connectivity index is 1.78. The molecule has 1 aromatic rings. The minimum absolute atomic E-state index is 0.417. The van der Waals surface area contributed by atoms with Crippen molar-refractivity contribution in [3.8, 4) is 0 Å². The van der Waals surface area contributed by atoms with Gasteiger partial charge < -0.3 is 15.0 Å². The van der Waals surface area contributed by atoms with Crippen LogP contribution < -0.4 is 10.2 Å². The van der Waals surface area contributed by atoms with Crippen LogP contribution in [0.5, 0.6) is 0 Å². The van der Waals surface area contributed by atoms with Gasteiger partial charge in [-0.05, 0) is 51.2 Å². The Bertz CT molecular complexity index is 491. The predicted molar refractivity (Wildman–Crippen MR) is 85.8 cm³/mol. The number of aromatic nitrogens is 1. The van der Waals surface area contributed by atoms with E-state index in [4.69, 9.17) is 9.72 Å². The number of nitrogens with one attached hydrogen (secondary N) is 1. The van der Waals surface area contributed by atoms with Crippen LogP contribution >= 0.6 is 0 Å². The summed E-state index contributed by atoms with van der Waals surface area (Å²) in [6.45, 7) is 7.35. The van der Waals surface area contributed by atoms with Crippen LogP contribution in [0.1, 0.15) is 42.5 Å². The number of hydrogen-bond donors (Lipinski definition) is 1. The van der Waals surface area contributed by atoms with Crippen LogP contribution in [0.15, 0.2) is 6.07 Å². The molecule has 0 atom stereocenters. The number of anilines is 1. The molecule has 4 nitrogen and oxygen atoms in total. The van der Waals surface area contributed by atoms with Crippen LogP contribution in [-0.4, -0.2) is 37.3 Å². The Hall–Kier alpha value is -1.13. The number of hydrogen-bond acceptors (Lipinski definition) is 4. The van der Waals surface area contributed by atoms with E-state index in [1.165, 1.54) is 29.8 Å². The summed E-state index contributed by atoms with van der Waals surface area (Å²) in [7, 11) is 1.82. The molecular weight excluding hydrogens is 262 g/mol. The number of methoxy groups -OCH3 is 1. The second kappa shape index (κ2) is 6.32. The van der Waals surface area contributed by atoms with Crippen molar-refractivity contribution >= 4 is 5.82 Å². The molecule has 0 aromatic carbocycles. The highest BCUT2D eigenvalue weighted by atomic mass is 16.5. The van der Waals surface area contributed by atoms with Crippen molar-refractivity contribution in [1.29, 1.82) is 0 Å². The van der Waals surface area contributed by atoms with Gasteiger partial charge >= 0.3 is 0 Å². The number of aryl methyl sites for hydroxylation is 2. The average molecular weight is 289 g/mol. The maximum absolute atomic E-state index is 5.48. The first-order valence-electron chi connectivity index (χ1n) is 8.15. The molecule has 0 bridgehead atoms. The third-order valence-corrected chi connectivity index (χ3v) is 4.67. The van der Waals surface area contributed by atoms with Gasteiger partial charge in [0, 0.05) is 44.0 Å². The summed E-state index contributed by atoms with van der Waals surface area (Å²) >= 11 is 0. The quantitative estimate of drug-likeness (QED) is 0.904. The SMILES string of the molecule is COC1CCN(c2nc(C)cc(C)c2CNC2CC2)CC1. The molecule has 1 saturated heterocycles. The van der Waals surface area contributed by atoms with E-state index in [0.717, 1.165) is 44.2 Å². The van der Waals surface area contributed by atoms with Gasteiger partial charge in [0.1, 0.15) is 5.82 Å². The van der Waals surface area contributed by atoms with E-state index in [1.54, 1.807) is 0 Å². The molecule has 0 spiro atoms. The van der Waals surface area contributed by atoms with Crippen LogP contribution in [0.4, 0.5) is 5.82 Å². The highest BCUT2D eigenvalue weighted by Crippen LogP contribution is 2.27. The van der Waals surface area contributed by atoms with Crippen molar-refractivity contribution in [2.45, 2.75) is 58.2 Å². The van der Waals surface area contributed by atoms with E-state index in [9.17, 15) is 0 Å². The topological polar surface area (TPSA) is 37.4 Å². The summed E-state index contributed by atoms with van der Waals surface area (Å²) in [6.07, 6.45) is 5.27. The smallest absolute Gasteiger partial charge is 0.133 e. The molecule has 21 heavy (non-hydrogen) atoms. The summed E-state index contributed by atoms with van der Waals surface area (Å²) in [4.78, 5) is 7.30. The molecule has 2 heterocycles. The van der Waals surface area contributed by atoms with Gasteiger partial charge in [-0.15, -0.1) is 0 Å². The zero-order valence-electron chi connectivity index (χ0n) is 13.5. The first kappa shape index (κ1) is 14.8. The fraction of sp³-hybridized carbons (Fsp3) is 0.706. The minimum Gasteiger partial charge on any atom is -0.381 e. The summed E-state index contributed by atoms with van der Waals surface area (Å²) in [5.41, 5.74) is 3.86. The van der Waals surface area contributed by atoms with E-state index >= 15 is 0 Å². The molecule has 1 N–H and O–H groups in total. The molecule has 1 saturated carbocycles. The molecule has 4 heteroatoms. The second-order valence-electron chi connectivity index (χ2n) is 6.46. The summed E-state index contributed by atoms with van der Waals surface area (Å²) in [6, 6.07) is 2.94. The maximum atomic E-state index is 5.48. The van der Waals surface area contributed by atoms with Crippen molar-refractivity contribution in [2.24, 2.45) is 0 Å². The van der Waals surface area contributed by atoms with Crippen LogP contribution in [-0.2, 0) is 11.3 Å². The number of pyridine rings is 1. The Kier molecular flexibility index (Phi) is 4.45. The third kappa shape index (κ3) is 3.55. The molecule has 1 aliphatic heterocycles. The van der Waals surface area contributed by atoms with E-state index in [2.05, 4.69) is 30.1 Å². The van der Waals surface area contributed by atoms with Crippen LogP contribution in [0, 0.1) is 13.8 Å². The largest absolute Gasteiger partial charge is 0.381 e. The molecule has 116 valence electrons. The summed E-state index contributed by atoms with van der Waals surface area (Å²) in [5.74, 6) is 1.19. The Morgan fingerprint density at radius 3 is 2.57 bits per heavy atom. The fourth-order valence-electron chi connectivity index (χ4n) is 3.16. The second-order valence-corrected chi connectivity index (χ2v) is 6.46. The molecule has 2 fully saturated rings. The first-order valence-corrected chi connectivity index (χ1v) is 8.15. The molecule has 0 amide bonds. The monoisotopic (exact) mass is 289 g/mol. The molecular formula is C17H27N3O. The normalized spacial score (nSPS) is 20.0. The summed E-state index contributed by atoms with van der Waals surface area (Å²) < 4.78 is 5.48. The van der Waals surface area contributed by atoms with E-state index in [0.29, 0.717) is 6.10 Å². The number of ether oxygens (including phenoxy) is 1. The third-order valence-electron chi connectivity index (χ3n) is 4.67. The van der Waals surface area contributed by atoms with Gasteiger partial charge in [-0.3, -0.25) is 0 Å². The van der Waals surface area contributed by atoms with E-state index in [-0.39, 0.29) is 0 Å². The van der Waals surface area contributed by atoms with Crippen molar-refractivity contribution in [3.63, 3.8) is 0 Å².